The highest BCUT2D eigenvalue weighted by molar-refractivity contribution is 7.99. The molecular formula is C23H29N3O3S. The number of aromatic nitrogens is 1. The van der Waals surface area contributed by atoms with Gasteiger partial charge < -0.3 is 10.1 Å². The SMILES string of the molecule is CCCSCCCNC(=O)CCCN1C(=O)[C@H](c2ccccc2)Oc2cccnc21. The molecule has 30 heavy (non-hydrogen) atoms. The zero-order chi connectivity index (χ0) is 21.2. The lowest BCUT2D eigenvalue weighted by atomic mass is 10.1. The number of carbonyl (C=O) groups is 2. The van der Waals surface area contributed by atoms with Crippen LogP contribution in [0.3, 0.4) is 0 Å². The summed E-state index contributed by atoms with van der Waals surface area (Å²) in [6, 6.07) is 13.1. The molecule has 2 aromatic rings. The van der Waals surface area contributed by atoms with E-state index in [4.69, 9.17) is 4.74 Å². The molecule has 0 fully saturated rings. The largest absolute Gasteiger partial charge is 0.472 e. The predicted molar refractivity (Wildman–Crippen MR) is 121 cm³/mol. The Balaban J connectivity index is 1.54. The van der Waals surface area contributed by atoms with Crippen LogP contribution in [0.5, 0.6) is 5.75 Å². The summed E-state index contributed by atoms with van der Waals surface area (Å²) in [4.78, 5) is 31.2. The van der Waals surface area contributed by atoms with Crippen LogP contribution in [-0.2, 0) is 9.59 Å². The van der Waals surface area contributed by atoms with Gasteiger partial charge in [-0.3, -0.25) is 14.5 Å². The van der Waals surface area contributed by atoms with Crippen molar-refractivity contribution in [3.8, 4) is 5.75 Å². The zero-order valence-electron chi connectivity index (χ0n) is 17.4. The van der Waals surface area contributed by atoms with Crippen molar-refractivity contribution in [2.24, 2.45) is 0 Å². The Kier molecular flexibility index (Phi) is 8.56. The van der Waals surface area contributed by atoms with Crippen LogP contribution in [0.4, 0.5) is 5.82 Å². The van der Waals surface area contributed by atoms with Crippen LogP contribution >= 0.6 is 11.8 Å². The van der Waals surface area contributed by atoms with E-state index in [1.165, 1.54) is 12.2 Å². The number of amides is 2. The Morgan fingerprint density at radius 2 is 2.00 bits per heavy atom. The molecule has 1 aliphatic rings. The molecule has 6 nitrogen and oxygen atoms in total. The number of hydrogen-bond acceptors (Lipinski definition) is 5. The molecule has 0 spiro atoms. The van der Waals surface area contributed by atoms with Gasteiger partial charge in [0.25, 0.3) is 5.91 Å². The van der Waals surface area contributed by atoms with Crippen molar-refractivity contribution in [3.63, 3.8) is 0 Å². The molecule has 2 amide bonds. The van der Waals surface area contributed by atoms with Crippen molar-refractivity contribution in [3.05, 3.63) is 54.2 Å². The second-order valence-corrected chi connectivity index (χ2v) is 8.37. The van der Waals surface area contributed by atoms with E-state index in [0.29, 0.717) is 37.5 Å². The molecule has 1 N–H and O–H groups in total. The molecule has 0 aliphatic carbocycles. The quantitative estimate of drug-likeness (QED) is 0.549. The molecular weight excluding hydrogens is 398 g/mol. The maximum atomic E-state index is 13.1. The maximum Gasteiger partial charge on any atom is 0.274 e. The van der Waals surface area contributed by atoms with Crippen molar-refractivity contribution in [1.29, 1.82) is 0 Å². The summed E-state index contributed by atoms with van der Waals surface area (Å²) in [5.41, 5.74) is 0.806. The third-order valence-electron chi connectivity index (χ3n) is 4.77. The van der Waals surface area contributed by atoms with E-state index in [0.717, 1.165) is 17.7 Å². The normalized spacial score (nSPS) is 15.4. The molecule has 1 aliphatic heterocycles. The molecule has 0 bridgehead atoms. The Bertz CT molecular complexity index is 831. The Labute approximate surface area is 182 Å². The molecule has 160 valence electrons. The standard InChI is InChI=1S/C23H29N3O3S/c1-2-16-30-17-8-14-24-20(27)12-7-15-26-22-19(11-6-13-25-22)29-21(23(26)28)18-9-4-3-5-10-18/h3-6,9-11,13,21H,2,7-8,12,14-17H2,1H3,(H,24,27)/t21-/m0/s1. The smallest absolute Gasteiger partial charge is 0.274 e. The number of nitrogens with one attached hydrogen (secondary N) is 1. The highest BCUT2D eigenvalue weighted by Crippen LogP contribution is 2.37. The average Bonchev–Trinajstić information content (AvgIpc) is 2.78. The topological polar surface area (TPSA) is 71.5 Å². The number of fused-ring (bicyclic) bond motifs is 1. The van der Waals surface area contributed by atoms with Gasteiger partial charge >= 0.3 is 0 Å². The Morgan fingerprint density at radius 3 is 2.80 bits per heavy atom. The molecule has 7 heteroatoms. The van der Waals surface area contributed by atoms with Gasteiger partial charge in [0, 0.05) is 31.3 Å². The number of benzene rings is 1. The number of pyridine rings is 1. The molecule has 0 saturated heterocycles. The number of hydrogen-bond donors (Lipinski definition) is 1. The van der Waals surface area contributed by atoms with Crippen LogP contribution in [0.2, 0.25) is 0 Å². The average molecular weight is 428 g/mol. The van der Waals surface area contributed by atoms with Crippen LogP contribution in [0.15, 0.2) is 48.7 Å². The molecule has 1 aromatic carbocycles. The molecule has 1 atom stereocenters. The fourth-order valence-corrected chi connectivity index (χ4v) is 4.13. The van der Waals surface area contributed by atoms with Gasteiger partial charge in [0.05, 0.1) is 0 Å². The van der Waals surface area contributed by atoms with Gasteiger partial charge in [0.15, 0.2) is 11.6 Å². The van der Waals surface area contributed by atoms with Crippen LogP contribution in [0, 0.1) is 0 Å². The summed E-state index contributed by atoms with van der Waals surface area (Å²) in [6.45, 7) is 3.30. The van der Waals surface area contributed by atoms with E-state index < -0.39 is 6.10 Å². The van der Waals surface area contributed by atoms with E-state index in [2.05, 4.69) is 17.2 Å². The highest BCUT2D eigenvalue weighted by atomic mass is 32.2. The Hall–Kier alpha value is -2.54. The second-order valence-electron chi connectivity index (χ2n) is 7.14. The summed E-state index contributed by atoms with van der Waals surface area (Å²) in [7, 11) is 0. The second kappa shape index (κ2) is 11.6. The van der Waals surface area contributed by atoms with Crippen molar-refractivity contribution in [2.45, 2.75) is 38.7 Å². The molecule has 2 heterocycles. The number of thioether (sulfide) groups is 1. The van der Waals surface area contributed by atoms with E-state index >= 15 is 0 Å². The van der Waals surface area contributed by atoms with Crippen molar-refractivity contribution in [1.82, 2.24) is 10.3 Å². The third kappa shape index (κ3) is 5.98. The number of rotatable bonds is 11. The van der Waals surface area contributed by atoms with Crippen LogP contribution in [0.1, 0.15) is 44.3 Å². The van der Waals surface area contributed by atoms with Crippen molar-refractivity contribution >= 4 is 29.4 Å². The fourth-order valence-electron chi connectivity index (χ4n) is 3.29. The minimum Gasteiger partial charge on any atom is -0.472 e. The number of nitrogens with zero attached hydrogens (tertiary/aromatic N) is 2. The molecule has 1 aromatic heterocycles. The van der Waals surface area contributed by atoms with Gasteiger partial charge in [0.1, 0.15) is 0 Å². The zero-order valence-corrected chi connectivity index (χ0v) is 18.2. The predicted octanol–water partition coefficient (Wildman–Crippen LogP) is 3.98. The fraction of sp³-hybridized carbons (Fsp3) is 0.435. The molecule has 0 saturated carbocycles. The first-order valence-electron chi connectivity index (χ1n) is 10.5. The molecule has 0 unspecified atom stereocenters. The highest BCUT2D eigenvalue weighted by Gasteiger charge is 2.36. The lowest BCUT2D eigenvalue weighted by molar-refractivity contribution is -0.127. The number of ether oxygens (including phenoxy) is 1. The lowest BCUT2D eigenvalue weighted by Gasteiger charge is -2.33. The Morgan fingerprint density at radius 1 is 1.17 bits per heavy atom. The maximum absolute atomic E-state index is 13.1. The summed E-state index contributed by atoms with van der Waals surface area (Å²) in [5.74, 6) is 3.21. The van der Waals surface area contributed by atoms with Gasteiger partial charge in [0.2, 0.25) is 12.0 Å². The van der Waals surface area contributed by atoms with E-state index in [-0.39, 0.29) is 11.8 Å². The van der Waals surface area contributed by atoms with Crippen LogP contribution in [0.25, 0.3) is 0 Å². The summed E-state index contributed by atoms with van der Waals surface area (Å²) in [5, 5.41) is 2.97. The van der Waals surface area contributed by atoms with E-state index in [1.54, 1.807) is 17.2 Å². The van der Waals surface area contributed by atoms with Gasteiger partial charge in [-0.1, -0.05) is 37.3 Å². The van der Waals surface area contributed by atoms with Crippen molar-refractivity contribution in [2.75, 3.05) is 29.5 Å². The number of carbonyl (C=O) groups excluding carboxylic acids is 2. The minimum atomic E-state index is -0.697. The van der Waals surface area contributed by atoms with Crippen molar-refractivity contribution < 1.29 is 14.3 Å². The first kappa shape index (κ1) is 22.2. The summed E-state index contributed by atoms with van der Waals surface area (Å²) >= 11 is 1.92. The van der Waals surface area contributed by atoms with Gasteiger partial charge in [-0.15, -0.1) is 0 Å². The summed E-state index contributed by atoms with van der Waals surface area (Å²) < 4.78 is 5.95. The summed E-state index contributed by atoms with van der Waals surface area (Å²) in [6.07, 6.45) is 4.06. The lowest BCUT2D eigenvalue weighted by Crippen LogP contribution is -2.42. The third-order valence-corrected chi connectivity index (χ3v) is 6.04. The first-order valence-corrected chi connectivity index (χ1v) is 11.7. The van der Waals surface area contributed by atoms with E-state index in [9.17, 15) is 9.59 Å². The molecule has 3 rings (SSSR count). The van der Waals surface area contributed by atoms with Crippen LogP contribution < -0.4 is 15.0 Å². The molecule has 0 radical (unpaired) electrons. The van der Waals surface area contributed by atoms with Gasteiger partial charge in [-0.05, 0) is 42.9 Å². The minimum absolute atomic E-state index is 0.0250. The first-order chi connectivity index (χ1) is 14.7. The van der Waals surface area contributed by atoms with Crippen LogP contribution in [-0.4, -0.2) is 41.4 Å². The van der Waals surface area contributed by atoms with Gasteiger partial charge in [-0.25, -0.2) is 4.98 Å². The number of anilines is 1. The van der Waals surface area contributed by atoms with E-state index in [1.807, 2.05) is 48.2 Å². The monoisotopic (exact) mass is 427 g/mol. The van der Waals surface area contributed by atoms with Gasteiger partial charge in [-0.2, -0.15) is 11.8 Å².